The van der Waals surface area contributed by atoms with Crippen LogP contribution in [0.2, 0.25) is 0 Å². The number of rotatable bonds is 3. The van der Waals surface area contributed by atoms with Gasteiger partial charge in [-0.15, -0.1) is 11.3 Å². The van der Waals surface area contributed by atoms with Crippen molar-refractivity contribution in [1.29, 1.82) is 0 Å². The van der Waals surface area contributed by atoms with Crippen molar-refractivity contribution in [2.45, 2.75) is 19.1 Å². The van der Waals surface area contributed by atoms with Gasteiger partial charge in [0.2, 0.25) is 0 Å². The fourth-order valence-electron chi connectivity index (χ4n) is 3.51. The maximum absolute atomic E-state index is 12.8. The number of ether oxygens (including phenoxy) is 2. The lowest BCUT2D eigenvalue weighted by molar-refractivity contribution is 0.0934. The highest BCUT2D eigenvalue weighted by molar-refractivity contribution is 14.1. The molecule has 3 heterocycles. The number of hydrogen-bond acceptors (Lipinski definition) is 6. The lowest BCUT2D eigenvalue weighted by Crippen LogP contribution is -2.38. The molecule has 1 aromatic carbocycles. The van der Waals surface area contributed by atoms with Crippen LogP contribution in [0.5, 0.6) is 11.5 Å². The molecule has 1 aromatic heterocycles. The van der Waals surface area contributed by atoms with Crippen molar-refractivity contribution in [3.8, 4) is 11.5 Å². The Kier molecular flexibility index (Phi) is 4.74. The number of anilines is 1. The van der Waals surface area contributed by atoms with Crippen LogP contribution < -0.4 is 20.1 Å². The molecule has 0 radical (unpaired) electrons. The Morgan fingerprint density at radius 1 is 1.27 bits per heavy atom. The summed E-state index contributed by atoms with van der Waals surface area (Å²) in [6.45, 7) is 1.89. The zero-order valence-electron chi connectivity index (χ0n) is 14.8. The summed E-state index contributed by atoms with van der Waals surface area (Å²) in [4.78, 5) is 16.4. The Labute approximate surface area is 170 Å². The third-order valence-corrected chi connectivity index (χ3v) is 6.76. The number of amides is 1. The van der Waals surface area contributed by atoms with Gasteiger partial charge in [0.15, 0.2) is 11.5 Å². The van der Waals surface area contributed by atoms with Crippen molar-refractivity contribution in [3.05, 3.63) is 37.3 Å². The number of carbonyl (C=O) groups excluding carboxylic acids is 1. The van der Waals surface area contributed by atoms with Crippen LogP contribution in [0.3, 0.4) is 0 Å². The molecule has 8 heteroatoms. The Bertz CT molecular complexity index is 883. The molecule has 0 saturated heterocycles. The SMILES string of the molecule is COc1cc([C@H]2NC(=O)c3c(sc4c3CCN(C)C4)N2)cc(I)c1OC. The number of fused-ring (bicyclic) bond motifs is 3. The molecular formula is C18H20IN3O3S. The van der Waals surface area contributed by atoms with Crippen LogP contribution in [0.1, 0.15) is 32.5 Å². The highest BCUT2D eigenvalue weighted by Crippen LogP contribution is 2.42. The predicted octanol–water partition coefficient (Wildman–Crippen LogP) is 3.21. The Balaban J connectivity index is 1.70. The first kappa shape index (κ1) is 17.9. The highest BCUT2D eigenvalue weighted by atomic mass is 127. The van der Waals surface area contributed by atoms with Crippen molar-refractivity contribution in [2.75, 3.05) is 33.1 Å². The van der Waals surface area contributed by atoms with Crippen molar-refractivity contribution in [2.24, 2.45) is 0 Å². The molecule has 0 spiro atoms. The van der Waals surface area contributed by atoms with Gasteiger partial charge < -0.3 is 25.0 Å². The van der Waals surface area contributed by atoms with E-state index < -0.39 is 0 Å². The lowest BCUT2D eigenvalue weighted by Gasteiger charge is -2.28. The van der Waals surface area contributed by atoms with E-state index in [1.165, 1.54) is 10.4 Å². The quantitative estimate of drug-likeness (QED) is 0.655. The summed E-state index contributed by atoms with van der Waals surface area (Å²) in [5.74, 6) is 1.35. The molecule has 1 amide bonds. The summed E-state index contributed by atoms with van der Waals surface area (Å²) in [6.07, 6.45) is 0.632. The Morgan fingerprint density at radius 3 is 2.81 bits per heavy atom. The smallest absolute Gasteiger partial charge is 0.256 e. The van der Waals surface area contributed by atoms with Crippen LogP contribution >= 0.6 is 33.9 Å². The summed E-state index contributed by atoms with van der Waals surface area (Å²) < 4.78 is 11.8. The van der Waals surface area contributed by atoms with Gasteiger partial charge in [-0.2, -0.15) is 0 Å². The normalized spacial score (nSPS) is 19.2. The van der Waals surface area contributed by atoms with E-state index >= 15 is 0 Å². The van der Waals surface area contributed by atoms with Gasteiger partial charge in [-0.25, -0.2) is 0 Å². The molecule has 0 unspecified atom stereocenters. The van der Waals surface area contributed by atoms with E-state index in [0.29, 0.717) is 11.5 Å². The summed E-state index contributed by atoms with van der Waals surface area (Å²) in [5, 5.41) is 7.56. The third kappa shape index (κ3) is 2.93. The second-order valence-corrected chi connectivity index (χ2v) is 8.75. The summed E-state index contributed by atoms with van der Waals surface area (Å²) in [7, 11) is 5.36. The van der Waals surface area contributed by atoms with Crippen LogP contribution in [-0.2, 0) is 13.0 Å². The Hall–Kier alpha value is -1.52. The number of halogens is 1. The average molecular weight is 485 g/mol. The third-order valence-electron chi connectivity index (χ3n) is 4.81. The van der Waals surface area contributed by atoms with Crippen LogP contribution in [0, 0.1) is 3.57 Å². The zero-order chi connectivity index (χ0) is 18.4. The minimum Gasteiger partial charge on any atom is -0.493 e. The number of likely N-dealkylation sites (N-methyl/N-ethyl adjacent to an activating group) is 1. The first-order chi connectivity index (χ1) is 12.5. The first-order valence-corrected chi connectivity index (χ1v) is 10.2. The van der Waals surface area contributed by atoms with Gasteiger partial charge in [0, 0.05) is 18.0 Å². The first-order valence-electron chi connectivity index (χ1n) is 8.33. The number of hydrogen-bond donors (Lipinski definition) is 2. The second kappa shape index (κ2) is 6.90. The van der Waals surface area contributed by atoms with E-state index in [1.54, 1.807) is 25.6 Å². The van der Waals surface area contributed by atoms with E-state index in [2.05, 4.69) is 45.2 Å². The lowest BCUT2D eigenvalue weighted by atomic mass is 10.0. The molecule has 1 atom stereocenters. The maximum atomic E-state index is 12.8. The average Bonchev–Trinajstić information content (AvgIpc) is 2.98. The topological polar surface area (TPSA) is 62.8 Å². The van der Waals surface area contributed by atoms with Gasteiger partial charge >= 0.3 is 0 Å². The molecule has 0 aliphatic carbocycles. The molecule has 2 aliphatic rings. The number of thiophene rings is 1. The minimum atomic E-state index is -0.291. The van der Waals surface area contributed by atoms with Gasteiger partial charge in [0.25, 0.3) is 5.91 Å². The van der Waals surface area contributed by atoms with Gasteiger partial charge in [0.05, 0.1) is 23.4 Å². The molecule has 2 aromatic rings. The summed E-state index contributed by atoms with van der Waals surface area (Å²) >= 11 is 3.91. The van der Waals surface area contributed by atoms with E-state index in [9.17, 15) is 4.79 Å². The van der Waals surface area contributed by atoms with E-state index in [-0.39, 0.29) is 12.1 Å². The molecule has 138 valence electrons. The summed E-state index contributed by atoms with van der Waals surface area (Å²) in [5.41, 5.74) is 2.97. The van der Waals surface area contributed by atoms with E-state index in [1.807, 2.05) is 12.1 Å². The largest absolute Gasteiger partial charge is 0.493 e. The van der Waals surface area contributed by atoms with Gasteiger partial charge in [-0.05, 0) is 59.3 Å². The second-order valence-electron chi connectivity index (χ2n) is 6.48. The fourth-order valence-corrected chi connectivity index (χ4v) is 5.71. The molecule has 4 rings (SSSR count). The van der Waals surface area contributed by atoms with Crippen molar-refractivity contribution >= 4 is 44.8 Å². The van der Waals surface area contributed by atoms with E-state index in [0.717, 1.165) is 39.2 Å². The van der Waals surface area contributed by atoms with Crippen LogP contribution in [0.15, 0.2) is 12.1 Å². The standard InChI is InChI=1S/C18H20IN3O3S/c1-22-5-4-10-13(8-22)26-18-14(10)17(23)20-16(21-18)9-6-11(19)15(25-3)12(7-9)24-2/h6-7,16,21H,4-5,8H2,1-3H3,(H,20,23)/t16-/m0/s1. The number of benzene rings is 1. The molecular weight excluding hydrogens is 465 g/mol. The Morgan fingerprint density at radius 2 is 2.08 bits per heavy atom. The number of nitrogens with zero attached hydrogens (tertiary/aromatic N) is 1. The molecule has 0 bridgehead atoms. The van der Waals surface area contributed by atoms with Gasteiger partial charge in [-0.3, -0.25) is 4.79 Å². The fraction of sp³-hybridized carbons (Fsp3) is 0.389. The minimum absolute atomic E-state index is 0.00408. The zero-order valence-corrected chi connectivity index (χ0v) is 17.8. The van der Waals surface area contributed by atoms with Crippen molar-refractivity contribution < 1.29 is 14.3 Å². The van der Waals surface area contributed by atoms with Gasteiger partial charge in [-0.1, -0.05) is 0 Å². The van der Waals surface area contributed by atoms with Gasteiger partial charge in [0.1, 0.15) is 11.2 Å². The predicted molar refractivity (Wildman–Crippen MR) is 110 cm³/mol. The number of nitrogens with one attached hydrogen (secondary N) is 2. The maximum Gasteiger partial charge on any atom is 0.256 e. The van der Waals surface area contributed by atoms with E-state index in [4.69, 9.17) is 9.47 Å². The molecule has 6 nitrogen and oxygen atoms in total. The highest BCUT2D eigenvalue weighted by Gasteiger charge is 2.33. The van der Waals surface area contributed by atoms with Crippen LogP contribution in [-0.4, -0.2) is 38.6 Å². The number of carbonyl (C=O) groups is 1. The monoisotopic (exact) mass is 485 g/mol. The molecule has 2 N–H and O–H groups in total. The number of methoxy groups -OCH3 is 2. The van der Waals surface area contributed by atoms with Crippen LogP contribution in [0.4, 0.5) is 5.00 Å². The summed E-state index contributed by atoms with van der Waals surface area (Å²) in [6, 6.07) is 3.91. The molecule has 0 saturated carbocycles. The molecule has 2 aliphatic heterocycles. The van der Waals surface area contributed by atoms with Crippen molar-refractivity contribution in [1.82, 2.24) is 10.2 Å². The van der Waals surface area contributed by atoms with Crippen molar-refractivity contribution in [3.63, 3.8) is 0 Å². The van der Waals surface area contributed by atoms with Crippen LogP contribution in [0.25, 0.3) is 0 Å². The molecule has 26 heavy (non-hydrogen) atoms. The molecule has 0 fully saturated rings.